The minimum absolute atomic E-state index is 0.0559. The predicted octanol–water partition coefficient (Wildman–Crippen LogP) is 3.93. The zero-order chi connectivity index (χ0) is 24.5. The lowest BCUT2D eigenvalue weighted by Crippen LogP contribution is -2.47. The number of fused-ring (bicyclic) bond motifs is 2. The van der Waals surface area contributed by atoms with Gasteiger partial charge in [-0.25, -0.2) is 4.98 Å². The van der Waals surface area contributed by atoms with Gasteiger partial charge >= 0.3 is 0 Å². The summed E-state index contributed by atoms with van der Waals surface area (Å²) in [4.78, 5) is 20.0. The summed E-state index contributed by atoms with van der Waals surface area (Å²) in [6, 6.07) is 25.1. The Balaban J connectivity index is 1.28. The number of carbonyl (C=O) groups excluding carboxylic acids is 1. The highest BCUT2D eigenvalue weighted by atomic mass is 16.7. The summed E-state index contributed by atoms with van der Waals surface area (Å²) in [6.07, 6.45) is 0.511. The van der Waals surface area contributed by atoms with Crippen molar-refractivity contribution < 1.29 is 14.3 Å². The number of ether oxygens (including phenoxy) is 2. The standard InChI is InChI=1S/C28H27N5O3/c29-22(15-19-7-3-1-4-8-19)28(34)32-13-14-33-25(17-32)31-26(20-9-5-2-6-10-20)27(33)30-21-11-12-23-24(16-21)36-18-35-23/h1-12,16,22,30H,13-15,17-18,29H2/t22-/m1/s1. The second-order valence-corrected chi connectivity index (χ2v) is 8.99. The molecule has 8 heteroatoms. The van der Waals surface area contributed by atoms with Gasteiger partial charge in [0.1, 0.15) is 17.3 Å². The zero-order valence-electron chi connectivity index (χ0n) is 19.8. The van der Waals surface area contributed by atoms with Crippen LogP contribution in [0.1, 0.15) is 11.4 Å². The van der Waals surface area contributed by atoms with Gasteiger partial charge in [0, 0.05) is 30.4 Å². The maximum absolute atomic E-state index is 13.2. The van der Waals surface area contributed by atoms with E-state index in [1.54, 1.807) is 0 Å². The molecular formula is C28H27N5O3. The molecule has 0 spiro atoms. The van der Waals surface area contributed by atoms with Crippen LogP contribution < -0.4 is 20.5 Å². The lowest BCUT2D eigenvalue weighted by atomic mass is 10.1. The van der Waals surface area contributed by atoms with Gasteiger partial charge in [-0.05, 0) is 24.1 Å². The van der Waals surface area contributed by atoms with Crippen LogP contribution in [0.4, 0.5) is 11.5 Å². The van der Waals surface area contributed by atoms with Crippen molar-refractivity contribution in [2.75, 3.05) is 18.7 Å². The Morgan fingerprint density at radius 2 is 1.72 bits per heavy atom. The molecule has 2 aliphatic heterocycles. The van der Waals surface area contributed by atoms with Gasteiger partial charge in [0.15, 0.2) is 11.5 Å². The third-order valence-electron chi connectivity index (χ3n) is 6.58. The van der Waals surface area contributed by atoms with Crippen LogP contribution >= 0.6 is 0 Å². The van der Waals surface area contributed by atoms with Gasteiger partial charge in [0.05, 0.1) is 12.6 Å². The third kappa shape index (κ3) is 4.27. The molecule has 1 atom stereocenters. The Hall–Kier alpha value is -4.30. The summed E-state index contributed by atoms with van der Waals surface area (Å²) in [7, 11) is 0. The molecule has 0 bridgehead atoms. The predicted molar refractivity (Wildman–Crippen MR) is 137 cm³/mol. The Morgan fingerprint density at radius 3 is 2.53 bits per heavy atom. The number of imidazole rings is 1. The number of nitrogens with zero attached hydrogens (tertiary/aromatic N) is 3. The van der Waals surface area contributed by atoms with E-state index in [1.807, 2.05) is 83.8 Å². The molecule has 1 amide bonds. The van der Waals surface area contributed by atoms with Gasteiger partial charge in [-0.1, -0.05) is 60.7 Å². The highest BCUT2D eigenvalue weighted by Gasteiger charge is 2.29. The van der Waals surface area contributed by atoms with Crippen LogP contribution in [0.3, 0.4) is 0 Å². The first-order valence-corrected chi connectivity index (χ1v) is 12.1. The van der Waals surface area contributed by atoms with Gasteiger partial charge in [-0.2, -0.15) is 0 Å². The number of nitrogens with one attached hydrogen (secondary N) is 1. The van der Waals surface area contributed by atoms with Gasteiger partial charge in [0.2, 0.25) is 12.7 Å². The molecule has 1 aromatic heterocycles. The van der Waals surface area contributed by atoms with Crippen LogP contribution in [0.5, 0.6) is 11.5 Å². The Kier molecular flexibility index (Phi) is 5.79. The lowest BCUT2D eigenvalue weighted by Gasteiger charge is -2.30. The van der Waals surface area contributed by atoms with Crippen molar-refractivity contribution in [3.63, 3.8) is 0 Å². The Bertz CT molecular complexity index is 1390. The topological polar surface area (TPSA) is 94.6 Å². The number of amides is 1. The maximum Gasteiger partial charge on any atom is 0.240 e. The zero-order valence-corrected chi connectivity index (χ0v) is 19.8. The number of carbonyl (C=O) groups is 1. The smallest absolute Gasteiger partial charge is 0.240 e. The second-order valence-electron chi connectivity index (χ2n) is 8.99. The van der Waals surface area contributed by atoms with Gasteiger partial charge < -0.3 is 30.0 Å². The van der Waals surface area contributed by atoms with Crippen LogP contribution in [-0.4, -0.2) is 39.7 Å². The van der Waals surface area contributed by atoms with Crippen molar-refractivity contribution >= 4 is 17.4 Å². The van der Waals surface area contributed by atoms with E-state index < -0.39 is 6.04 Å². The summed E-state index contributed by atoms with van der Waals surface area (Å²) < 4.78 is 13.2. The molecular weight excluding hydrogens is 454 g/mol. The molecule has 182 valence electrons. The second kappa shape index (κ2) is 9.39. The molecule has 6 rings (SSSR count). The van der Waals surface area contributed by atoms with Crippen molar-refractivity contribution in [3.05, 3.63) is 90.3 Å². The summed E-state index contributed by atoms with van der Waals surface area (Å²) >= 11 is 0. The highest BCUT2D eigenvalue weighted by molar-refractivity contribution is 5.82. The van der Waals surface area contributed by atoms with Crippen molar-refractivity contribution in [2.45, 2.75) is 25.6 Å². The van der Waals surface area contributed by atoms with Crippen molar-refractivity contribution in [3.8, 4) is 22.8 Å². The molecule has 0 saturated heterocycles. The minimum atomic E-state index is -0.589. The fourth-order valence-electron chi connectivity index (χ4n) is 4.74. The van der Waals surface area contributed by atoms with E-state index in [0.29, 0.717) is 31.8 Å². The van der Waals surface area contributed by atoms with E-state index in [0.717, 1.165) is 39.9 Å². The molecule has 0 saturated carbocycles. The molecule has 8 nitrogen and oxygen atoms in total. The number of hydrogen-bond donors (Lipinski definition) is 2. The van der Waals surface area contributed by atoms with Crippen molar-refractivity contribution in [1.29, 1.82) is 0 Å². The lowest BCUT2D eigenvalue weighted by molar-refractivity contribution is -0.134. The number of rotatable bonds is 6. The average Bonchev–Trinajstić information content (AvgIpc) is 3.53. The van der Waals surface area contributed by atoms with E-state index in [2.05, 4.69) is 9.88 Å². The molecule has 0 unspecified atom stereocenters. The highest BCUT2D eigenvalue weighted by Crippen LogP contribution is 2.38. The maximum atomic E-state index is 13.2. The first-order chi connectivity index (χ1) is 17.7. The minimum Gasteiger partial charge on any atom is -0.454 e. The fourth-order valence-corrected chi connectivity index (χ4v) is 4.74. The van der Waals surface area contributed by atoms with E-state index in [9.17, 15) is 4.79 Å². The molecule has 3 aromatic carbocycles. The van der Waals surface area contributed by atoms with Gasteiger partial charge in [-0.3, -0.25) is 4.79 Å². The van der Waals surface area contributed by atoms with Gasteiger partial charge in [0.25, 0.3) is 0 Å². The Morgan fingerprint density at radius 1 is 0.972 bits per heavy atom. The first-order valence-electron chi connectivity index (χ1n) is 12.1. The third-order valence-corrected chi connectivity index (χ3v) is 6.58. The van der Waals surface area contributed by atoms with Crippen molar-refractivity contribution in [1.82, 2.24) is 14.5 Å². The summed E-state index contributed by atoms with van der Waals surface area (Å²) in [5.41, 5.74) is 10.1. The number of benzene rings is 3. The average molecular weight is 482 g/mol. The van der Waals surface area contributed by atoms with E-state index in [-0.39, 0.29) is 12.7 Å². The molecule has 2 aliphatic rings. The van der Waals surface area contributed by atoms with Crippen LogP contribution in [-0.2, 0) is 24.3 Å². The van der Waals surface area contributed by atoms with Crippen LogP contribution in [0.2, 0.25) is 0 Å². The molecule has 0 aliphatic carbocycles. The number of hydrogen-bond acceptors (Lipinski definition) is 6. The van der Waals surface area contributed by atoms with Crippen LogP contribution in [0, 0.1) is 0 Å². The summed E-state index contributed by atoms with van der Waals surface area (Å²) in [6.45, 7) is 1.82. The number of anilines is 2. The molecule has 3 heterocycles. The van der Waals surface area contributed by atoms with E-state index in [1.165, 1.54) is 0 Å². The summed E-state index contributed by atoms with van der Waals surface area (Å²) in [5.74, 6) is 3.10. The number of aromatic nitrogens is 2. The van der Waals surface area contributed by atoms with Crippen LogP contribution in [0.15, 0.2) is 78.9 Å². The largest absolute Gasteiger partial charge is 0.454 e. The summed E-state index contributed by atoms with van der Waals surface area (Å²) in [5, 5.41) is 3.55. The molecule has 0 fully saturated rings. The molecule has 4 aromatic rings. The number of nitrogens with two attached hydrogens (primary N) is 1. The monoisotopic (exact) mass is 481 g/mol. The quantitative estimate of drug-likeness (QED) is 0.433. The van der Waals surface area contributed by atoms with E-state index >= 15 is 0 Å². The SMILES string of the molecule is N[C@H](Cc1ccccc1)C(=O)N1CCn2c(nc(-c3ccccc3)c2Nc2ccc3c(c2)OCO3)C1. The van der Waals surface area contributed by atoms with Gasteiger partial charge in [-0.15, -0.1) is 0 Å². The Labute approximate surface area is 209 Å². The van der Waals surface area contributed by atoms with Crippen molar-refractivity contribution in [2.24, 2.45) is 5.73 Å². The molecule has 0 radical (unpaired) electrons. The molecule has 3 N–H and O–H groups in total. The normalized spacial score (nSPS) is 14.9. The fraction of sp³-hybridized carbons (Fsp3) is 0.214. The molecule has 36 heavy (non-hydrogen) atoms. The van der Waals surface area contributed by atoms with E-state index in [4.69, 9.17) is 20.2 Å². The van der Waals surface area contributed by atoms with Crippen LogP contribution in [0.25, 0.3) is 11.3 Å². The first kappa shape index (κ1) is 22.2.